The molecule has 0 fully saturated rings. The third-order valence-corrected chi connectivity index (χ3v) is 3.19. The van der Waals surface area contributed by atoms with Crippen LogP contribution < -0.4 is 25.3 Å². The summed E-state index contributed by atoms with van der Waals surface area (Å²) in [6.07, 6.45) is 0. The predicted molar refractivity (Wildman–Crippen MR) is 81.0 cm³/mol. The fraction of sp³-hybridized carbons (Fsp3) is 0.188. The van der Waals surface area contributed by atoms with Crippen molar-refractivity contribution in [3.05, 3.63) is 48.0 Å². The first-order valence-electron chi connectivity index (χ1n) is 6.86. The van der Waals surface area contributed by atoms with E-state index < -0.39 is 0 Å². The van der Waals surface area contributed by atoms with Crippen molar-refractivity contribution in [2.75, 3.05) is 18.7 Å². The number of carbonyl (C=O) groups is 1. The molecule has 3 rings (SSSR count). The summed E-state index contributed by atoms with van der Waals surface area (Å²) in [5, 5.41) is 2.74. The molecule has 6 nitrogen and oxygen atoms in total. The van der Waals surface area contributed by atoms with E-state index in [4.69, 9.17) is 19.9 Å². The molecule has 0 saturated carbocycles. The van der Waals surface area contributed by atoms with E-state index in [0.717, 1.165) is 5.56 Å². The van der Waals surface area contributed by atoms with Gasteiger partial charge in [-0.25, -0.2) is 0 Å². The van der Waals surface area contributed by atoms with Crippen molar-refractivity contribution < 1.29 is 19.0 Å². The second kappa shape index (κ2) is 6.36. The van der Waals surface area contributed by atoms with Crippen LogP contribution in [0.1, 0.15) is 5.56 Å². The lowest BCUT2D eigenvalue weighted by Crippen LogP contribution is -2.20. The molecule has 0 radical (unpaired) electrons. The largest absolute Gasteiger partial charge is 0.484 e. The molecule has 0 bridgehead atoms. The van der Waals surface area contributed by atoms with Crippen LogP contribution in [0.2, 0.25) is 0 Å². The van der Waals surface area contributed by atoms with Gasteiger partial charge in [0.2, 0.25) is 6.79 Å². The van der Waals surface area contributed by atoms with Gasteiger partial charge in [0.1, 0.15) is 5.75 Å². The smallest absolute Gasteiger partial charge is 0.262 e. The van der Waals surface area contributed by atoms with Crippen LogP contribution in [0.25, 0.3) is 0 Å². The standard InChI is InChI=1S/C16H16N2O4/c17-8-11-1-4-13(5-2-11)20-9-16(19)18-12-3-6-14-15(7-12)22-10-21-14/h1-7H,8-10,17H2,(H,18,19). The quantitative estimate of drug-likeness (QED) is 0.881. The van der Waals surface area contributed by atoms with Gasteiger partial charge in [0.15, 0.2) is 18.1 Å². The van der Waals surface area contributed by atoms with E-state index in [1.54, 1.807) is 30.3 Å². The number of hydrogen-bond acceptors (Lipinski definition) is 5. The summed E-state index contributed by atoms with van der Waals surface area (Å²) in [4.78, 5) is 11.9. The van der Waals surface area contributed by atoms with E-state index in [1.165, 1.54) is 0 Å². The number of nitrogens with one attached hydrogen (secondary N) is 1. The zero-order valence-electron chi connectivity index (χ0n) is 11.9. The number of amides is 1. The topological polar surface area (TPSA) is 82.8 Å². The summed E-state index contributed by atoms with van der Waals surface area (Å²) in [6, 6.07) is 12.5. The molecule has 6 heteroatoms. The van der Waals surface area contributed by atoms with Crippen LogP contribution in [0.4, 0.5) is 5.69 Å². The highest BCUT2D eigenvalue weighted by atomic mass is 16.7. The first-order chi connectivity index (χ1) is 10.7. The van der Waals surface area contributed by atoms with Gasteiger partial charge < -0.3 is 25.3 Å². The zero-order chi connectivity index (χ0) is 15.4. The Morgan fingerprint density at radius 2 is 1.91 bits per heavy atom. The minimum absolute atomic E-state index is 0.0730. The summed E-state index contributed by atoms with van der Waals surface area (Å²) in [6.45, 7) is 0.607. The minimum atomic E-state index is -0.248. The van der Waals surface area contributed by atoms with Crippen LogP contribution in [0, 0.1) is 0 Å². The minimum Gasteiger partial charge on any atom is -0.484 e. The highest BCUT2D eigenvalue weighted by molar-refractivity contribution is 5.92. The third kappa shape index (κ3) is 3.29. The van der Waals surface area contributed by atoms with Crippen molar-refractivity contribution in [1.29, 1.82) is 0 Å². The fourth-order valence-electron chi connectivity index (χ4n) is 2.04. The van der Waals surface area contributed by atoms with Crippen molar-refractivity contribution in [3.8, 4) is 17.2 Å². The third-order valence-electron chi connectivity index (χ3n) is 3.19. The maximum Gasteiger partial charge on any atom is 0.262 e. The first kappa shape index (κ1) is 14.2. The molecular formula is C16H16N2O4. The Bertz CT molecular complexity index is 670. The van der Waals surface area contributed by atoms with Crippen LogP contribution in [-0.2, 0) is 11.3 Å². The molecule has 0 atom stereocenters. The average Bonchev–Trinajstić information content (AvgIpc) is 3.01. The Hall–Kier alpha value is -2.73. The van der Waals surface area contributed by atoms with Crippen LogP contribution in [0.15, 0.2) is 42.5 Å². The number of rotatable bonds is 5. The lowest BCUT2D eigenvalue weighted by atomic mass is 10.2. The second-order valence-electron chi connectivity index (χ2n) is 4.75. The highest BCUT2D eigenvalue weighted by Crippen LogP contribution is 2.34. The van der Waals surface area contributed by atoms with Crippen LogP contribution in [0.3, 0.4) is 0 Å². The van der Waals surface area contributed by atoms with Gasteiger partial charge in [-0.15, -0.1) is 0 Å². The molecule has 22 heavy (non-hydrogen) atoms. The van der Waals surface area contributed by atoms with E-state index in [1.807, 2.05) is 12.1 Å². The van der Waals surface area contributed by atoms with E-state index in [2.05, 4.69) is 5.32 Å². The molecule has 0 aliphatic carbocycles. The number of nitrogens with two attached hydrogens (primary N) is 1. The number of ether oxygens (including phenoxy) is 3. The highest BCUT2D eigenvalue weighted by Gasteiger charge is 2.14. The van der Waals surface area contributed by atoms with Gasteiger partial charge in [-0.2, -0.15) is 0 Å². The Kier molecular flexibility index (Phi) is 4.11. The van der Waals surface area contributed by atoms with Gasteiger partial charge in [0.05, 0.1) is 0 Å². The summed E-state index contributed by atoms with van der Waals surface area (Å²) < 4.78 is 15.9. The SMILES string of the molecule is NCc1ccc(OCC(=O)Nc2ccc3c(c2)OCO3)cc1. The number of anilines is 1. The normalized spacial score (nSPS) is 12.0. The molecule has 0 aromatic heterocycles. The van der Waals surface area contributed by atoms with Crippen molar-refractivity contribution in [2.24, 2.45) is 5.73 Å². The summed E-state index contributed by atoms with van der Waals surface area (Å²) in [5.74, 6) is 1.67. The molecule has 1 aliphatic rings. The maximum absolute atomic E-state index is 11.9. The molecule has 3 N–H and O–H groups in total. The van der Waals surface area contributed by atoms with Crippen LogP contribution in [-0.4, -0.2) is 19.3 Å². The molecule has 1 aliphatic heterocycles. The Morgan fingerprint density at radius 3 is 2.68 bits per heavy atom. The van der Waals surface area contributed by atoms with E-state index in [9.17, 15) is 4.79 Å². The molecule has 0 saturated heterocycles. The van der Waals surface area contributed by atoms with Crippen molar-refractivity contribution in [3.63, 3.8) is 0 Å². The number of fused-ring (bicyclic) bond motifs is 1. The molecule has 1 amide bonds. The first-order valence-corrected chi connectivity index (χ1v) is 6.86. The Labute approximate surface area is 127 Å². The molecule has 0 unspecified atom stereocenters. The van der Waals surface area contributed by atoms with Gasteiger partial charge >= 0.3 is 0 Å². The van der Waals surface area contributed by atoms with Crippen molar-refractivity contribution >= 4 is 11.6 Å². The molecule has 114 valence electrons. The zero-order valence-corrected chi connectivity index (χ0v) is 11.9. The van der Waals surface area contributed by atoms with Gasteiger partial charge in [-0.1, -0.05) is 12.1 Å². The van der Waals surface area contributed by atoms with Gasteiger partial charge in [0, 0.05) is 18.3 Å². The second-order valence-corrected chi connectivity index (χ2v) is 4.75. The molecule has 0 spiro atoms. The summed E-state index contributed by atoms with van der Waals surface area (Å²) >= 11 is 0. The maximum atomic E-state index is 11.9. The van der Waals surface area contributed by atoms with Crippen molar-refractivity contribution in [1.82, 2.24) is 0 Å². The van der Waals surface area contributed by atoms with Gasteiger partial charge in [-0.05, 0) is 29.8 Å². The van der Waals surface area contributed by atoms with Gasteiger partial charge in [-0.3, -0.25) is 4.79 Å². The number of hydrogen-bond donors (Lipinski definition) is 2. The lowest BCUT2D eigenvalue weighted by Gasteiger charge is -2.08. The summed E-state index contributed by atoms with van der Waals surface area (Å²) in [7, 11) is 0. The Balaban J connectivity index is 1.53. The lowest BCUT2D eigenvalue weighted by molar-refractivity contribution is -0.118. The molecule has 2 aromatic carbocycles. The van der Waals surface area contributed by atoms with Crippen molar-refractivity contribution in [2.45, 2.75) is 6.54 Å². The molecular weight excluding hydrogens is 284 g/mol. The molecule has 2 aromatic rings. The van der Waals surface area contributed by atoms with E-state index in [-0.39, 0.29) is 19.3 Å². The monoisotopic (exact) mass is 300 g/mol. The predicted octanol–water partition coefficient (Wildman–Crippen LogP) is 1.89. The number of benzene rings is 2. The Morgan fingerprint density at radius 1 is 1.14 bits per heavy atom. The molecule has 1 heterocycles. The van der Waals surface area contributed by atoms with E-state index in [0.29, 0.717) is 29.5 Å². The average molecular weight is 300 g/mol. The van der Waals surface area contributed by atoms with Crippen LogP contribution in [0.5, 0.6) is 17.2 Å². The van der Waals surface area contributed by atoms with Gasteiger partial charge in [0.25, 0.3) is 5.91 Å². The van der Waals surface area contributed by atoms with Crippen LogP contribution >= 0.6 is 0 Å². The summed E-state index contributed by atoms with van der Waals surface area (Å²) in [5.41, 5.74) is 7.17. The fourth-order valence-corrected chi connectivity index (χ4v) is 2.04. The van der Waals surface area contributed by atoms with E-state index >= 15 is 0 Å². The number of carbonyl (C=O) groups excluding carboxylic acids is 1.